The SMILES string of the molecule is CCOC(C)(C)CNCc1ccc(Br)c([N+](=O)[O-])c1. The van der Waals surface area contributed by atoms with Gasteiger partial charge in [-0.05, 0) is 48.3 Å². The van der Waals surface area contributed by atoms with Crippen molar-refractivity contribution in [2.24, 2.45) is 0 Å². The highest BCUT2D eigenvalue weighted by molar-refractivity contribution is 9.10. The molecule has 0 aromatic heterocycles. The fraction of sp³-hybridized carbons (Fsp3) is 0.538. The Morgan fingerprint density at radius 1 is 1.47 bits per heavy atom. The van der Waals surface area contributed by atoms with Crippen LogP contribution >= 0.6 is 15.9 Å². The molecule has 1 aromatic carbocycles. The molecule has 0 atom stereocenters. The molecule has 0 saturated heterocycles. The van der Waals surface area contributed by atoms with E-state index in [1.54, 1.807) is 12.1 Å². The lowest BCUT2D eigenvalue weighted by Gasteiger charge is -2.25. The summed E-state index contributed by atoms with van der Waals surface area (Å²) >= 11 is 3.17. The number of rotatable bonds is 7. The van der Waals surface area contributed by atoms with Crippen LogP contribution in [0.4, 0.5) is 5.69 Å². The number of hydrogen-bond acceptors (Lipinski definition) is 4. The minimum absolute atomic E-state index is 0.0865. The van der Waals surface area contributed by atoms with Crippen molar-refractivity contribution in [2.75, 3.05) is 13.2 Å². The Hall–Kier alpha value is -0.980. The minimum atomic E-state index is -0.391. The van der Waals surface area contributed by atoms with Gasteiger partial charge >= 0.3 is 0 Å². The molecule has 0 aliphatic heterocycles. The lowest BCUT2D eigenvalue weighted by Crippen LogP contribution is -2.37. The van der Waals surface area contributed by atoms with Crippen molar-refractivity contribution in [3.8, 4) is 0 Å². The summed E-state index contributed by atoms with van der Waals surface area (Å²) in [7, 11) is 0. The molecule has 19 heavy (non-hydrogen) atoms. The zero-order valence-corrected chi connectivity index (χ0v) is 13.0. The molecule has 0 heterocycles. The van der Waals surface area contributed by atoms with Crippen molar-refractivity contribution in [1.82, 2.24) is 5.32 Å². The summed E-state index contributed by atoms with van der Waals surface area (Å²) in [5, 5.41) is 14.1. The molecule has 1 aromatic rings. The Labute approximate surface area is 121 Å². The fourth-order valence-electron chi connectivity index (χ4n) is 1.76. The van der Waals surface area contributed by atoms with E-state index in [0.29, 0.717) is 24.2 Å². The number of ether oxygens (including phenoxy) is 1. The summed E-state index contributed by atoms with van der Waals surface area (Å²) in [4.78, 5) is 10.4. The van der Waals surface area contributed by atoms with Crippen molar-refractivity contribution in [2.45, 2.75) is 32.9 Å². The number of hydrogen-bond donors (Lipinski definition) is 1. The lowest BCUT2D eigenvalue weighted by molar-refractivity contribution is -0.385. The molecule has 0 aliphatic rings. The Morgan fingerprint density at radius 3 is 2.74 bits per heavy atom. The van der Waals surface area contributed by atoms with Gasteiger partial charge in [-0.25, -0.2) is 0 Å². The maximum atomic E-state index is 10.8. The largest absolute Gasteiger partial charge is 0.375 e. The Balaban J connectivity index is 2.59. The summed E-state index contributed by atoms with van der Waals surface area (Å²) in [6.07, 6.45) is 0. The Bertz CT molecular complexity index is 450. The van der Waals surface area contributed by atoms with E-state index in [4.69, 9.17) is 4.74 Å². The van der Waals surface area contributed by atoms with E-state index in [9.17, 15) is 10.1 Å². The Kier molecular flexibility index (Phi) is 5.90. The van der Waals surface area contributed by atoms with Gasteiger partial charge < -0.3 is 10.1 Å². The summed E-state index contributed by atoms with van der Waals surface area (Å²) in [6, 6.07) is 5.13. The van der Waals surface area contributed by atoms with Gasteiger partial charge in [0.15, 0.2) is 0 Å². The highest BCUT2D eigenvalue weighted by Crippen LogP contribution is 2.25. The number of nitrogens with zero attached hydrogens (tertiary/aromatic N) is 1. The molecule has 0 saturated carbocycles. The Morgan fingerprint density at radius 2 is 2.16 bits per heavy atom. The number of halogens is 1. The molecule has 0 aliphatic carbocycles. The highest BCUT2D eigenvalue weighted by Gasteiger charge is 2.17. The van der Waals surface area contributed by atoms with Crippen LogP contribution in [0.5, 0.6) is 0 Å². The molecule has 0 spiro atoms. The van der Waals surface area contributed by atoms with Crippen molar-refractivity contribution >= 4 is 21.6 Å². The van der Waals surface area contributed by atoms with E-state index in [0.717, 1.165) is 5.56 Å². The number of nitrogens with one attached hydrogen (secondary N) is 1. The van der Waals surface area contributed by atoms with Gasteiger partial charge in [0.05, 0.1) is 15.0 Å². The number of benzene rings is 1. The van der Waals surface area contributed by atoms with E-state index in [2.05, 4.69) is 21.2 Å². The van der Waals surface area contributed by atoms with Crippen LogP contribution in [0.2, 0.25) is 0 Å². The summed E-state index contributed by atoms with van der Waals surface area (Å²) in [5.41, 5.74) is 0.723. The van der Waals surface area contributed by atoms with Gasteiger partial charge in [0.1, 0.15) is 0 Å². The molecule has 0 amide bonds. The zero-order valence-electron chi connectivity index (χ0n) is 11.4. The van der Waals surface area contributed by atoms with Crippen LogP contribution in [0.3, 0.4) is 0 Å². The lowest BCUT2D eigenvalue weighted by atomic mass is 10.1. The van der Waals surface area contributed by atoms with E-state index < -0.39 is 4.92 Å². The maximum Gasteiger partial charge on any atom is 0.283 e. The van der Waals surface area contributed by atoms with Crippen LogP contribution in [-0.2, 0) is 11.3 Å². The molecule has 1 N–H and O–H groups in total. The molecule has 6 heteroatoms. The van der Waals surface area contributed by atoms with Crippen LogP contribution in [0.1, 0.15) is 26.3 Å². The van der Waals surface area contributed by atoms with Crippen molar-refractivity contribution in [3.05, 3.63) is 38.3 Å². The van der Waals surface area contributed by atoms with Crippen molar-refractivity contribution < 1.29 is 9.66 Å². The third-order valence-electron chi connectivity index (χ3n) is 2.62. The standard InChI is InChI=1S/C13H19BrN2O3/c1-4-19-13(2,3)9-15-8-10-5-6-11(14)12(7-10)16(17)18/h5-7,15H,4,8-9H2,1-3H3. The van der Waals surface area contributed by atoms with E-state index in [1.807, 2.05) is 26.8 Å². The smallest absolute Gasteiger partial charge is 0.283 e. The van der Waals surface area contributed by atoms with Gasteiger partial charge in [-0.1, -0.05) is 6.07 Å². The van der Waals surface area contributed by atoms with Gasteiger partial charge in [-0.3, -0.25) is 10.1 Å². The second-order valence-corrected chi connectivity index (χ2v) is 5.69. The average Bonchev–Trinajstić information content (AvgIpc) is 2.30. The number of nitro groups is 1. The molecule has 106 valence electrons. The molecular formula is C13H19BrN2O3. The molecule has 0 fully saturated rings. The average molecular weight is 331 g/mol. The third kappa shape index (κ3) is 5.26. The molecule has 5 nitrogen and oxygen atoms in total. The second kappa shape index (κ2) is 6.98. The van der Waals surface area contributed by atoms with E-state index in [-0.39, 0.29) is 11.3 Å². The van der Waals surface area contributed by atoms with Crippen LogP contribution in [0.25, 0.3) is 0 Å². The summed E-state index contributed by atoms with van der Waals surface area (Å²) < 4.78 is 6.07. The fourth-order valence-corrected chi connectivity index (χ4v) is 2.15. The molecule has 0 radical (unpaired) electrons. The quantitative estimate of drug-likeness (QED) is 0.615. The normalized spacial score (nSPS) is 11.6. The van der Waals surface area contributed by atoms with Crippen LogP contribution in [0.15, 0.2) is 22.7 Å². The van der Waals surface area contributed by atoms with Crippen LogP contribution in [0, 0.1) is 10.1 Å². The number of nitro benzene ring substituents is 1. The first kappa shape index (κ1) is 16.1. The monoisotopic (exact) mass is 330 g/mol. The molecular weight excluding hydrogens is 312 g/mol. The van der Waals surface area contributed by atoms with Gasteiger partial charge in [0.2, 0.25) is 0 Å². The predicted octanol–water partition coefficient (Wildman–Crippen LogP) is 3.26. The molecule has 1 rings (SSSR count). The first-order valence-corrected chi connectivity index (χ1v) is 6.92. The summed E-state index contributed by atoms with van der Waals surface area (Å²) in [6.45, 7) is 7.90. The van der Waals surface area contributed by atoms with Crippen LogP contribution < -0.4 is 5.32 Å². The first-order chi connectivity index (χ1) is 8.85. The van der Waals surface area contributed by atoms with Gasteiger partial charge in [-0.15, -0.1) is 0 Å². The van der Waals surface area contributed by atoms with Crippen molar-refractivity contribution in [3.63, 3.8) is 0 Å². The van der Waals surface area contributed by atoms with E-state index >= 15 is 0 Å². The summed E-state index contributed by atoms with van der Waals surface area (Å²) in [5.74, 6) is 0. The van der Waals surface area contributed by atoms with Gasteiger partial charge in [0, 0.05) is 25.8 Å². The van der Waals surface area contributed by atoms with E-state index in [1.165, 1.54) is 0 Å². The van der Waals surface area contributed by atoms with Gasteiger partial charge in [0.25, 0.3) is 5.69 Å². The highest BCUT2D eigenvalue weighted by atomic mass is 79.9. The zero-order chi connectivity index (χ0) is 14.5. The predicted molar refractivity (Wildman–Crippen MR) is 78.2 cm³/mol. The van der Waals surface area contributed by atoms with Crippen molar-refractivity contribution in [1.29, 1.82) is 0 Å². The molecule has 0 bridgehead atoms. The van der Waals surface area contributed by atoms with Crippen LogP contribution in [-0.4, -0.2) is 23.7 Å². The minimum Gasteiger partial charge on any atom is -0.375 e. The topological polar surface area (TPSA) is 64.4 Å². The van der Waals surface area contributed by atoms with Gasteiger partial charge in [-0.2, -0.15) is 0 Å². The first-order valence-electron chi connectivity index (χ1n) is 6.13. The third-order valence-corrected chi connectivity index (χ3v) is 3.29. The molecule has 0 unspecified atom stereocenters. The maximum absolute atomic E-state index is 10.8. The second-order valence-electron chi connectivity index (χ2n) is 4.84.